The summed E-state index contributed by atoms with van der Waals surface area (Å²) in [5.74, 6) is 0.371. The predicted octanol–water partition coefficient (Wildman–Crippen LogP) is 3.45. The highest BCUT2D eigenvalue weighted by molar-refractivity contribution is 8.13. The lowest BCUT2D eigenvalue weighted by Crippen LogP contribution is -2.05. The Hall–Kier alpha value is -2.86. The Bertz CT molecular complexity index is 769. The number of methoxy groups -OCH3 is 1. The van der Waals surface area contributed by atoms with E-state index in [0.29, 0.717) is 5.17 Å². The van der Waals surface area contributed by atoms with Gasteiger partial charge in [0, 0.05) is 11.8 Å². The highest BCUT2D eigenvalue weighted by Gasteiger charge is 1.96. The van der Waals surface area contributed by atoms with Gasteiger partial charge in [-0.3, -0.25) is 0 Å². The number of carbonyl (C=O) groups is 1. The van der Waals surface area contributed by atoms with E-state index in [1.165, 1.54) is 30.5 Å². The van der Waals surface area contributed by atoms with Crippen LogP contribution in [0.3, 0.4) is 0 Å². The topological polar surface area (TPSA) is 77.0 Å². The molecule has 0 atom stereocenters. The fourth-order valence-corrected chi connectivity index (χ4v) is 2.45. The lowest BCUT2D eigenvalue weighted by atomic mass is 10.1. The van der Waals surface area contributed by atoms with Gasteiger partial charge < -0.3 is 10.5 Å². The van der Waals surface area contributed by atoms with E-state index in [1.807, 2.05) is 54.6 Å². The lowest BCUT2D eigenvalue weighted by molar-refractivity contribution is -0.134. The molecule has 2 aromatic carbocycles. The Morgan fingerprint density at radius 3 is 2.48 bits per heavy atom. The predicted molar refractivity (Wildman–Crippen MR) is 104 cm³/mol. The summed E-state index contributed by atoms with van der Waals surface area (Å²) in [6, 6.07) is 17.5. The minimum Gasteiger partial charge on any atom is -0.466 e. The van der Waals surface area contributed by atoms with E-state index in [9.17, 15) is 4.79 Å². The van der Waals surface area contributed by atoms with Crippen molar-refractivity contribution in [1.29, 1.82) is 0 Å². The van der Waals surface area contributed by atoms with Crippen molar-refractivity contribution >= 4 is 35.2 Å². The molecule has 0 amide bonds. The van der Waals surface area contributed by atoms with Gasteiger partial charge in [-0.2, -0.15) is 5.10 Å². The number of nitrogens with two attached hydrogens (primary N) is 1. The molecule has 2 aromatic rings. The third-order valence-corrected chi connectivity index (χ3v) is 4.00. The van der Waals surface area contributed by atoms with Gasteiger partial charge in [0.05, 0.1) is 13.3 Å². The first-order chi connectivity index (χ1) is 12.2. The highest BCUT2D eigenvalue weighted by atomic mass is 32.2. The summed E-state index contributed by atoms with van der Waals surface area (Å²) in [6.45, 7) is 0. The first-order valence-corrected chi connectivity index (χ1v) is 8.55. The molecule has 0 heterocycles. The van der Waals surface area contributed by atoms with Crippen LogP contribution < -0.4 is 5.73 Å². The Kier molecular flexibility index (Phi) is 7.46. The number of thioether (sulfide) groups is 1. The number of rotatable bonds is 6. The summed E-state index contributed by atoms with van der Waals surface area (Å²) in [7, 11) is 1.34. The molecule has 2 rings (SSSR count). The van der Waals surface area contributed by atoms with E-state index in [4.69, 9.17) is 5.73 Å². The zero-order valence-corrected chi connectivity index (χ0v) is 14.6. The van der Waals surface area contributed by atoms with Gasteiger partial charge in [-0.05, 0) is 22.8 Å². The number of hydrogen-bond donors (Lipinski definition) is 1. The smallest absolute Gasteiger partial charge is 0.330 e. The minimum absolute atomic E-state index is 0.386. The molecule has 0 saturated heterocycles. The number of ether oxygens (including phenoxy) is 1. The molecule has 25 heavy (non-hydrogen) atoms. The van der Waals surface area contributed by atoms with E-state index in [2.05, 4.69) is 14.9 Å². The summed E-state index contributed by atoms with van der Waals surface area (Å²) >= 11 is 1.44. The van der Waals surface area contributed by atoms with Gasteiger partial charge in [0.25, 0.3) is 0 Å². The molecule has 6 heteroatoms. The molecule has 0 spiro atoms. The van der Waals surface area contributed by atoms with Crippen molar-refractivity contribution in [1.82, 2.24) is 0 Å². The number of nitrogens with zero attached hydrogens (tertiary/aromatic N) is 2. The van der Waals surface area contributed by atoms with Crippen LogP contribution in [0.25, 0.3) is 6.08 Å². The average Bonchev–Trinajstić information content (AvgIpc) is 2.66. The second kappa shape index (κ2) is 10.1. The Morgan fingerprint density at radius 2 is 1.80 bits per heavy atom. The molecule has 0 aliphatic rings. The molecule has 2 N–H and O–H groups in total. The molecule has 128 valence electrons. The Balaban J connectivity index is 1.86. The van der Waals surface area contributed by atoms with Crippen LogP contribution in [-0.4, -0.2) is 24.5 Å². The van der Waals surface area contributed by atoms with Crippen LogP contribution >= 0.6 is 11.8 Å². The largest absolute Gasteiger partial charge is 0.466 e. The first-order valence-electron chi connectivity index (χ1n) is 7.56. The fraction of sp³-hybridized carbons (Fsp3) is 0.105. The van der Waals surface area contributed by atoms with Crippen molar-refractivity contribution in [2.45, 2.75) is 5.75 Å². The number of amidine groups is 1. The molecular formula is C19H19N3O2S. The van der Waals surface area contributed by atoms with Crippen molar-refractivity contribution in [3.05, 3.63) is 77.4 Å². The van der Waals surface area contributed by atoms with Crippen LogP contribution in [0.1, 0.15) is 16.7 Å². The van der Waals surface area contributed by atoms with Crippen LogP contribution in [-0.2, 0) is 15.3 Å². The van der Waals surface area contributed by atoms with Gasteiger partial charge in [-0.1, -0.05) is 66.4 Å². The molecule has 0 radical (unpaired) electrons. The van der Waals surface area contributed by atoms with Gasteiger partial charge in [-0.25, -0.2) is 4.79 Å². The zero-order valence-electron chi connectivity index (χ0n) is 13.8. The van der Waals surface area contributed by atoms with E-state index >= 15 is 0 Å². The number of esters is 1. The molecule has 0 aliphatic heterocycles. The van der Waals surface area contributed by atoms with Gasteiger partial charge in [0.15, 0.2) is 5.17 Å². The summed E-state index contributed by atoms with van der Waals surface area (Å²) in [4.78, 5) is 11.0. The normalized spacial score (nSPS) is 12.0. The quantitative estimate of drug-likeness (QED) is 0.284. The van der Waals surface area contributed by atoms with Gasteiger partial charge >= 0.3 is 5.97 Å². The lowest BCUT2D eigenvalue weighted by Gasteiger charge is -1.99. The van der Waals surface area contributed by atoms with Crippen molar-refractivity contribution in [3.63, 3.8) is 0 Å². The van der Waals surface area contributed by atoms with E-state index in [1.54, 1.807) is 12.3 Å². The number of benzene rings is 2. The van der Waals surface area contributed by atoms with Crippen LogP contribution in [0.15, 0.2) is 70.9 Å². The molecule has 0 fully saturated rings. The average molecular weight is 353 g/mol. The molecule has 0 bridgehead atoms. The van der Waals surface area contributed by atoms with Crippen molar-refractivity contribution < 1.29 is 9.53 Å². The summed E-state index contributed by atoms with van der Waals surface area (Å²) in [5.41, 5.74) is 8.80. The molecule has 0 saturated carbocycles. The fourth-order valence-electron chi connectivity index (χ4n) is 1.84. The molecule has 0 unspecified atom stereocenters. The van der Waals surface area contributed by atoms with E-state index in [0.717, 1.165) is 16.9 Å². The van der Waals surface area contributed by atoms with E-state index < -0.39 is 0 Å². The second-order valence-corrected chi connectivity index (χ2v) is 5.98. The standard InChI is InChI=1S/C19H19N3O2S/c1-24-18(23)12-11-15-7-9-16(10-8-15)13-21-22-19(20)25-14-17-5-3-2-4-6-17/h2-13H,14H2,1H3,(H2,20,22). The zero-order chi connectivity index (χ0) is 17.9. The SMILES string of the molecule is COC(=O)C=Cc1ccc(C=NN=C(N)SCc2ccccc2)cc1. The number of carbonyl (C=O) groups excluding carboxylic acids is 1. The maximum Gasteiger partial charge on any atom is 0.330 e. The summed E-state index contributed by atoms with van der Waals surface area (Å²) < 4.78 is 4.54. The summed E-state index contributed by atoms with van der Waals surface area (Å²) in [6.07, 6.45) is 4.69. The van der Waals surface area contributed by atoms with Crippen molar-refractivity contribution in [2.24, 2.45) is 15.9 Å². The number of hydrogen-bond acceptors (Lipinski definition) is 5. The van der Waals surface area contributed by atoms with Crippen molar-refractivity contribution in [2.75, 3.05) is 7.11 Å². The maximum atomic E-state index is 11.0. The third kappa shape index (κ3) is 7.05. The van der Waals surface area contributed by atoms with Gasteiger partial charge in [-0.15, -0.1) is 5.10 Å². The van der Waals surface area contributed by atoms with Gasteiger partial charge in [0.1, 0.15) is 0 Å². The van der Waals surface area contributed by atoms with Crippen LogP contribution in [0.4, 0.5) is 0 Å². The third-order valence-electron chi connectivity index (χ3n) is 3.14. The first kappa shape index (κ1) is 18.5. The highest BCUT2D eigenvalue weighted by Crippen LogP contribution is 2.11. The van der Waals surface area contributed by atoms with Crippen LogP contribution in [0, 0.1) is 0 Å². The Labute approximate surface area is 151 Å². The second-order valence-electron chi connectivity index (χ2n) is 4.98. The van der Waals surface area contributed by atoms with Crippen LogP contribution in [0.2, 0.25) is 0 Å². The minimum atomic E-state index is -0.386. The molecule has 0 aliphatic carbocycles. The van der Waals surface area contributed by atoms with Crippen molar-refractivity contribution in [3.8, 4) is 0 Å². The molecule has 0 aromatic heterocycles. The Morgan fingerprint density at radius 1 is 1.12 bits per heavy atom. The maximum absolute atomic E-state index is 11.0. The van der Waals surface area contributed by atoms with E-state index in [-0.39, 0.29) is 5.97 Å². The van der Waals surface area contributed by atoms with Crippen LogP contribution in [0.5, 0.6) is 0 Å². The van der Waals surface area contributed by atoms with Gasteiger partial charge in [0.2, 0.25) is 0 Å². The molecular weight excluding hydrogens is 334 g/mol. The summed E-state index contributed by atoms with van der Waals surface area (Å²) in [5, 5.41) is 8.39. The molecule has 5 nitrogen and oxygen atoms in total. The monoisotopic (exact) mass is 353 g/mol.